The molecule has 0 saturated carbocycles. The van der Waals surface area contributed by atoms with Gasteiger partial charge in [0.05, 0.1) is 5.38 Å². The van der Waals surface area contributed by atoms with Crippen molar-refractivity contribution in [2.75, 3.05) is 5.88 Å². The van der Waals surface area contributed by atoms with Crippen LogP contribution >= 0.6 is 34.8 Å². The van der Waals surface area contributed by atoms with Gasteiger partial charge in [-0.3, -0.25) is 0 Å². The minimum Gasteiger partial charge on any atom is -0.411 e. The fraction of sp³-hybridized carbons (Fsp3) is 1.00. The number of rotatable bonds is 4. The summed E-state index contributed by atoms with van der Waals surface area (Å²) in [5.74, 6) is 0.530. The molecule has 0 spiro atoms. The van der Waals surface area contributed by atoms with Gasteiger partial charge in [-0.15, -0.1) is 23.2 Å². The van der Waals surface area contributed by atoms with E-state index in [-0.39, 0.29) is 10.9 Å². The van der Waals surface area contributed by atoms with Gasteiger partial charge in [0.25, 0.3) is 0 Å². The first-order chi connectivity index (χ1) is 4.22. The molecule has 0 N–H and O–H groups in total. The van der Waals surface area contributed by atoms with Gasteiger partial charge in [0.15, 0.2) is 0 Å². The highest BCUT2D eigenvalue weighted by Crippen LogP contribution is 2.14. The summed E-state index contributed by atoms with van der Waals surface area (Å²) in [7, 11) is 0.618. The average molecular weight is 208 g/mol. The molecule has 9 heavy (non-hydrogen) atoms. The molecule has 0 aromatic carbocycles. The Labute approximate surface area is 73.2 Å². The lowest BCUT2D eigenvalue weighted by Crippen LogP contribution is -2.17. The SMILES string of the molecule is [SiH3]OC(Cl)C(Cl)CCCl. The van der Waals surface area contributed by atoms with Crippen LogP contribution in [-0.4, -0.2) is 27.3 Å². The van der Waals surface area contributed by atoms with Crippen LogP contribution in [0.5, 0.6) is 0 Å². The van der Waals surface area contributed by atoms with Crippen LogP contribution in [0.2, 0.25) is 0 Å². The molecule has 0 radical (unpaired) electrons. The van der Waals surface area contributed by atoms with Crippen molar-refractivity contribution in [3.8, 4) is 0 Å². The molecule has 0 heterocycles. The molecule has 0 aromatic heterocycles. The summed E-state index contributed by atoms with van der Waals surface area (Å²) in [5.41, 5.74) is -0.364. The first kappa shape index (κ1) is 10.0. The fourth-order valence-electron chi connectivity index (χ4n) is 0.383. The standard InChI is InChI=1S/C4H9Cl3OSi/c5-2-1-3(6)4(7)8-9/h3-4H,1-2H2,9H3. The van der Waals surface area contributed by atoms with E-state index in [0.29, 0.717) is 22.8 Å². The molecule has 5 heteroatoms. The number of alkyl halides is 3. The monoisotopic (exact) mass is 206 g/mol. The van der Waals surface area contributed by atoms with Crippen LogP contribution in [0.4, 0.5) is 0 Å². The van der Waals surface area contributed by atoms with E-state index in [4.69, 9.17) is 39.2 Å². The van der Waals surface area contributed by atoms with Crippen LogP contribution < -0.4 is 0 Å². The molecule has 0 aliphatic rings. The highest BCUT2D eigenvalue weighted by Gasteiger charge is 2.13. The van der Waals surface area contributed by atoms with Crippen LogP contribution in [0.25, 0.3) is 0 Å². The van der Waals surface area contributed by atoms with Gasteiger partial charge in [-0.1, -0.05) is 11.6 Å². The molecule has 56 valence electrons. The molecule has 2 unspecified atom stereocenters. The van der Waals surface area contributed by atoms with Gasteiger partial charge in [0.2, 0.25) is 0 Å². The normalized spacial score (nSPS) is 17.7. The van der Waals surface area contributed by atoms with Gasteiger partial charge in [-0.2, -0.15) is 0 Å². The van der Waals surface area contributed by atoms with Gasteiger partial charge in [0.1, 0.15) is 16.0 Å². The number of hydrogen-bond donors (Lipinski definition) is 0. The lowest BCUT2D eigenvalue weighted by Gasteiger charge is -2.12. The second kappa shape index (κ2) is 5.80. The van der Waals surface area contributed by atoms with Crippen LogP contribution in [0.1, 0.15) is 6.42 Å². The fourth-order valence-corrected chi connectivity index (χ4v) is 1.57. The third kappa shape index (κ3) is 4.45. The summed E-state index contributed by atoms with van der Waals surface area (Å²) in [6, 6.07) is 0. The van der Waals surface area contributed by atoms with E-state index < -0.39 is 0 Å². The van der Waals surface area contributed by atoms with Gasteiger partial charge in [0, 0.05) is 5.88 Å². The quantitative estimate of drug-likeness (QED) is 0.495. The lowest BCUT2D eigenvalue weighted by atomic mass is 10.3. The molecule has 2 atom stereocenters. The van der Waals surface area contributed by atoms with Crippen molar-refractivity contribution in [3.05, 3.63) is 0 Å². The van der Waals surface area contributed by atoms with E-state index in [9.17, 15) is 0 Å². The van der Waals surface area contributed by atoms with E-state index in [1.165, 1.54) is 0 Å². The summed E-state index contributed by atoms with van der Waals surface area (Å²) in [6.45, 7) is 0. The third-order valence-corrected chi connectivity index (χ3v) is 2.98. The molecule has 0 saturated heterocycles. The molecule has 0 aliphatic heterocycles. The zero-order chi connectivity index (χ0) is 7.28. The Bertz CT molecular complexity index is 72.8. The second-order valence-electron chi connectivity index (χ2n) is 1.58. The number of halogens is 3. The molecular weight excluding hydrogens is 198 g/mol. The van der Waals surface area contributed by atoms with E-state index in [2.05, 4.69) is 0 Å². The van der Waals surface area contributed by atoms with Crippen molar-refractivity contribution in [2.45, 2.75) is 17.4 Å². The molecule has 1 nitrogen and oxygen atoms in total. The van der Waals surface area contributed by atoms with Crippen LogP contribution in [0, 0.1) is 0 Å². The first-order valence-corrected chi connectivity index (χ1v) is 4.81. The molecular formula is C4H9Cl3OSi. The molecule has 0 bridgehead atoms. The Morgan fingerprint density at radius 2 is 2.00 bits per heavy atom. The van der Waals surface area contributed by atoms with Gasteiger partial charge in [-0.25, -0.2) is 0 Å². The van der Waals surface area contributed by atoms with E-state index in [0.717, 1.165) is 0 Å². The van der Waals surface area contributed by atoms with Crippen molar-refractivity contribution in [2.24, 2.45) is 0 Å². The largest absolute Gasteiger partial charge is 0.411 e. The maximum absolute atomic E-state index is 5.71. The first-order valence-electron chi connectivity index (χ1n) is 2.59. The summed E-state index contributed by atoms with van der Waals surface area (Å²) in [4.78, 5) is 0. The Kier molecular flexibility index (Phi) is 6.48. The van der Waals surface area contributed by atoms with Crippen molar-refractivity contribution in [1.82, 2.24) is 0 Å². The molecule has 0 aromatic rings. The maximum Gasteiger partial charge on any atom is 0.148 e. The van der Waals surface area contributed by atoms with Crippen molar-refractivity contribution < 1.29 is 4.43 Å². The molecule has 0 aliphatic carbocycles. The van der Waals surface area contributed by atoms with Crippen LogP contribution in [0.15, 0.2) is 0 Å². The Balaban J connectivity index is 3.32. The lowest BCUT2D eigenvalue weighted by molar-refractivity contribution is 0.299. The Hall–Kier alpha value is 1.05. The van der Waals surface area contributed by atoms with Gasteiger partial charge < -0.3 is 4.43 Å². The summed E-state index contributed by atoms with van der Waals surface area (Å²) >= 11 is 16.7. The van der Waals surface area contributed by atoms with E-state index in [1.807, 2.05) is 0 Å². The minimum atomic E-state index is -0.364. The maximum atomic E-state index is 5.71. The zero-order valence-corrected chi connectivity index (χ0v) is 9.38. The summed E-state index contributed by atoms with van der Waals surface area (Å²) in [6.07, 6.45) is 0.694. The van der Waals surface area contributed by atoms with Gasteiger partial charge in [-0.05, 0) is 6.42 Å². The predicted octanol–water partition coefficient (Wildman–Crippen LogP) is 1.08. The third-order valence-electron chi connectivity index (χ3n) is 0.894. The Morgan fingerprint density at radius 3 is 2.33 bits per heavy atom. The van der Waals surface area contributed by atoms with E-state index >= 15 is 0 Å². The number of hydrogen-bond acceptors (Lipinski definition) is 1. The van der Waals surface area contributed by atoms with E-state index in [1.54, 1.807) is 0 Å². The summed E-state index contributed by atoms with van der Waals surface area (Å²) < 4.78 is 4.88. The average Bonchev–Trinajstić information content (AvgIpc) is 1.87. The zero-order valence-electron chi connectivity index (χ0n) is 5.11. The van der Waals surface area contributed by atoms with Gasteiger partial charge >= 0.3 is 0 Å². The van der Waals surface area contributed by atoms with Crippen molar-refractivity contribution >= 4 is 45.3 Å². The second-order valence-corrected chi connectivity index (χ2v) is 3.42. The predicted molar refractivity (Wildman–Crippen MR) is 45.6 cm³/mol. The van der Waals surface area contributed by atoms with Crippen LogP contribution in [-0.2, 0) is 4.43 Å². The highest BCUT2D eigenvalue weighted by atomic mass is 35.5. The molecule has 0 fully saturated rings. The molecule has 0 amide bonds. The topological polar surface area (TPSA) is 9.23 Å². The molecule has 0 rings (SSSR count). The minimum absolute atomic E-state index is 0.151. The van der Waals surface area contributed by atoms with Crippen molar-refractivity contribution in [1.29, 1.82) is 0 Å². The van der Waals surface area contributed by atoms with Crippen LogP contribution in [0.3, 0.4) is 0 Å². The smallest absolute Gasteiger partial charge is 0.148 e. The van der Waals surface area contributed by atoms with Crippen molar-refractivity contribution in [3.63, 3.8) is 0 Å². The Morgan fingerprint density at radius 1 is 1.44 bits per heavy atom. The highest BCUT2D eigenvalue weighted by molar-refractivity contribution is 6.30. The summed E-state index contributed by atoms with van der Waals surface area (Å²) in [5, 5.41) is -0.151.